The Morgan fingerprint density at radius 3 is 2.13 bits per heavy atom. The fourth-order valence-corrected chi connectivity index (χ4v) is 4.67. The van der Waals surface area contributed by atoms with Gasteiger partial charge in [-0.05, 0) is 61.4 Å². The van der Waals surface area contributed by atoms with E-state index in [1.165, 1.54) is 30.7 Å². The van der Waals surface area contributed by atoms with Crippen LogP contribution in [-0.2, 0) is 14.8 Å². The van der Waals surface area contributed by atoms with Gasteiger partial charge in [-0.15, -0.1) is 0 Å². The average Bonchev–Trinajstić information content (AvgIpc) is 2.78. The summed E-state index contributed by atoms with van der Waals surface area (Å²) in [5.41, 5.74) is 0.727. The predicted octanol–water partition coefficient (Wildman–Crippen LogP) is 3.57. The molecule has 2 aromatic carbocycles. The number of rotatable bonds is 8. The number of carbonyl (C=O) groups excluding carboxylic acids is 2. The maximum Gasteiger partial charge on any atom is 0.261 e. The minimum Gasteiger partial charge on any atom is -0.354 e. The third-order valence-electron chi connectivity index (χ3n) is 5.21. The molecule has 0 aromatic heterocycles. The maximum atomic E-state index is 12.5. The van der Waals surface area contributed by atoms with Crippen molar-refractivity contribution in [3.63, 3.8) is 0 Å². The van der Waals surface area contributed by atoms with E-state index in [4.69, 9.17) is 11.6 Å². The van der Waals surface area contributed by atoms with Gasteiger partial charge in [0.1, 0.15) is 0 Å². The van der Waals surface area contributed by atoms with E-state index in [2.05, 4.69) is 15.4 Å². The normalized spacial score (nSPS) is 14.6. The van der Waals surface area contributed by atoms with Gasteiger partial charge in [-0.2, -0.15) is 0 Å². The molecule has 0 heterocycles. The van der Waals surface area contributed by atoms with Gasteiger partial charge < -0.3 is 10.6 Å². The Hall–Kier alpha value is -2.58. The molecule has 3 N–H and O–H groups in total. The van der Waals surface area contributed by atoms with E-state index in [-0.39, 0.29) is 22.6 Å². The second kappa shape index (κ2) is 10.6. The van der Waals surface area contributed by atoms with Crippen LogP contribution in [-0.4, -0.2) is 33.3 Å². The number of benzene rings is 2. The largest absolute Gasteiger partial charge is 0.354 e. The van der Waals surface area contributed by atoms with E-state index in [1.807, 2.05) is 0 Å². The van der Waals surface area contributed by atoms with Crippen molar-refractivity contribution in [2.24, 2.45) is 5.92 Å². The Morgan fingerprint density at radius 2 is 1.48 bits per heavy atom. The van der Waals surface area contributed by atoms with Crippen LogP contribution in [0.4, 0.5) is 5.69 Å². The van der Waals surface area contributed by atoms with E-state index in [0.717, 1.165) is 25.7 Å². The topological polar surface area (TPSA) is 104 Å². The summed E-state index contributed by atoms with van der Waals surface area (Å²) in [4.78, 5) is 24.4. The van der Waals surface area contributed by atoms with Gasteiger partial charge in [-0.3, -0.25) is 14.3 Å². The summed E-state index contributed by atoms with van der Waals surface area (Å²) in [6.07, 6.45) is 5.24. The molecule has 0 atom stereocenters. The molecule has 0 unspecified atom stereocenters. The van der Waals surface area contributed by atoms with E-state index in [9.17, 15) is 18.0 Å². The highest BCUT2D eigenvalue weighted by atomic mass is 35.5. The lowest BCUT2D eigenvalue weighted by Crippen LogP contribution is -2.38. The highest BCUT2D eigenvalue weighted by Crippen LogP contribution is 2.23. The molecule has 9 heteroatoms. The number of amides is 2. The van der Waals surface area contributed by atoms with Crippen LogP contribution in [0.15, 0.2) is 53.4 Å². The third-order valence-corrected chi connectivity index (χ3v) is 6.86. The lowest BCUT2D eigenvalue weighted by Gasteiger charge is -2.20. The monoisotopic (exact) mass is 463 g/mol. The number of nitrogens with one attached hydrogen (secondary N) is 3. The molecule has 7 nitrogen and oxygen atoms in total. The van der Waals surface area contributed by atoms with Gasteiger partial charge >= 0.3 is 0 Å². The Kier molecular flexibility index (Phi) is 7.92. The molecule has 166 valence electrons. The molecule has 3 rings (SSSR count). The number of anilines is 1. The van der Waals surface area contributed by atoms with Crippen molar-refractivity contribution < 1.29 is 18.0 Å². The molecule has 0 saturated heterocycles. The molecular weight excluding hydrogens is 438 g/mol. The van der Waals surface area contributed by atoms with Crippen molar-refractivity contribution in [1.29, 1.82) is 0 Å². The van der Waals surface area contributed by atoms with Gasteiger partial charge in [0, 0.05) is 35.3 Å². The Balaban J connectivity index is 1.48. The zero-order valence-corrected chi connectivity index (χ0v) is 18.6. The van der Waals surface area contributed by atoms with Crippen molar-refractivity contribution in [3.8, 4) is 0 Å². The van der Waals surface area contributed by atoms with Crippen molar-refractivity contribution in [1.82, 2.24) is 10.6 Å². The van der Waals surface area contributed by atoms with Gasteiger partial charge in [0.25, 0.3) is 15.9 Å². The Bertz CT molecular complexity index is 1000. The van der Waals surface area contributed by atoms with Crippen molar-refractivity contribution >= 4 is 39.1 Å². The van der Waals surface area contributed by atoms with Gasteiger partial charge in [0.05, 0.1) is 4.90 Å². The van der Waals surface area contributed by atoms with Gasteiger partial charge in [-0.1, -0.05) is 30.9 Å². The summed E-state index contributed by atoms with van der Waals surface area (Å²) < 4.78 is 27.4. The van der Waals surface area contributed by atoms with E-state index in [1.54, 1.807) is 24.3 Å². The van der Waals surface area contributed by atoms with Gasteiger partial charge in [0.15, 0.2) is 0 Å². The second-order valence-corrected chi connectivity index (χ2v) is 9.64. The quantitative estimate of drug-likeness (QED) is 0.520. The van der Waals surface area contributed by atoms with Gasteiger partial charge in [0.2, 0.25) is 5.91 Å². The molecule has 1 saturated carbocycles. The number of hydrogen-bond acceptors (Lipinski definition) is 4. The minimum absolute atomic E-state index is 0.0405. The summed E-state index contributed by atoms with van der Waals surface area (Å²) in [7, 11) is -3.78. The number of halogens is 1. The van der Waals surface area contributed by atoms with Crippen molar-refractivity contribution in [3.05, 3.63) is 59.1 Å². The lowest BCUT2D eigenvalue weighted by atomic mass is 9.89. The van der Waals surface area contributed by atoms with Crippen LogP contribution in [0, 0.1) is 5.92 Å². The van der Waals surface area contributed by atoms with E-state index < -0.39 is 10.0 Å². The van der Waals surface area contributed by atoms with Crippen molar-refractivity contribution in [2.45, 2.75) is 37.0 Å². The molecule has 0 bridgehead atoms. The number of hydrogen-bond donors (Lipinski definition) is 3. The summed E-state index contributed by atoms with van der Waals surface area (Å²) >= 11 is 5.81. The van der Waals surface area contributed by atoms with Crippen LogP contribution in [0.5, 0.6) is 0 Å². The molecule has 1 aliphatic rings. The zero-order chi connectivity index (χ0) is 22.3. The standard InChI is InChI=1S/C22H26ClN3O4S/c23-18-8-10-19(11-9-18)26-31(29,30)20-12-6-17(7-13-20)22(28)25-15-14-24-21(27)16-4-2-1-3-5-16/h6-13,16,26H,1-5,14-15H2,(H,24,27)(H,25,28). The van der Waals surface area contributed by atoms with Crippen LogP contribution in [0.2, 0.25) is 5.02 Å². The zero-order valence-electron chi connectivity index (χ0n) is 17.1. The van der Waals surface area contributed by atoms with Crippen LogP contribution in [0.3, 0.4) is 0 Å². The first-order chi connectivity index (χ1) is 14.8. The molecule has 2 amide bonds. The molecule has 0 aliphatic heterocycles. The number of carbonyl (C=O) groups is 2. The van der Waals surface area contributed by atoms with Crippen LogP contribution in [0.1, 0.15) is 42.5 Å². The summed E-state index contributed by atoms with van der Waals surface area (Å²) in [5, 5.41) is 6.10. The summed E-state index contributed by atoms with van der Waals surface area (Å²) in [6.45, 7) is 0.661. The first kappa shape index (κ1) is 23.1. The summed E-state index contributed by atoms with van der Waals surface area (Å²) in [6, 6.07) is 12.0. The minimum atomic E-state index is -3.78. The predicted molar refractivity (Wildman–Crippen MR) is 121 cm³/mol. The SMILES string of the molecule is O=C(NCCNC(=O)C1CCCCC1)c1ccc(S(=O)(=O)Nc2ccc(Cl)cc2)cc1. The molecule has 0 radical (unpaired) electrons. The number of sulfonamides is 1. The molecular formula is C22H26ClN3O4S. The molecule has 1 aliphatic carbocycles. The summed E-state index contributed by atoms with van der Waals surface area (Å²) in [5.74, 6) is -0.196. The molecule has 1 fully saturated rings. The van der Waals surface area contributed by atoms with Crippen molar-refractivity contribution in [2.75, 3.05) is 17.8 Å². The third kappa shape index (κ3) is 6.70. The van der Waals surface area contributed by atoms with E-state index >= 15 is 0 Å². The fourth-order valence-electron chi connectivity index (χ4n) is 3.49. The van der Waals surface area contributed by atoms with Crippen LogP contribution in [0.25, 0.3) is 0 Å². The molecule has 0 spiro atoms. The van der Waals surface area contributed by atoms with Crippen LogP contribution < -0.4 is 15.4 Å². The molecule has 31 heavy (non-hydrogen) atoms. The maximum absolute atomic E-state index is 12.5. The lowest BCUT2D eigenvalue weighted by molar-refractivity contribution is -0.125. The first-order valence-electron chi connectivity index (χ1n) is 10.3. The fraction of sp³-hybridized carbons (Fsp3) is 0.364. The van der Waals surface area contributed by atoms with E-state index in [0.29, 0.717) is 29.4 Å². The molecule has 2 aromatic rings. The Labute approximate surface area is 187 Å². The van der Waals surface area contributed by atoms with Crippen LogP contribution >= 0.6 is 11.6 Å². The highest BCUT2D eigenvalue weighted by molar-refractivity contribution is 7.92. The average molecular weight is 464 g/mol. The second-order valence-electron chi connectivity index (χ2n) is 7.52. The van der Waals surface area contributed by atoms with Gasteiger partial charge in [-0.25, -0.2) is 8.42 Å². The Morgan fingerprint density at radius 1 is 0.871 bits per heavy atom. The smallest absolute Gasteiger partial charge is 0.261 e. The first-order valence-corrected chi connectivity index (χ1v) is 12.2. The highest BCUT2D eigenvalue weighted by Gasteiger charge is 2.20.